The zero-order chi connectivity index (χ0) is 10.1. The van der Waals surface area contributed by atoms with Gasteiger partial charge in [0.05, 0.1) is 0 Å². The molecule has 1 N–H and O–H groups in total. The number of rotatable bonds is 1. The number of aromatic amines is 1. The summed E-state index contributed by atoms with van der Waals surface area (Å²) in [5, 5.41) is 3.60. The molecule has 14 heavy (non-hydrogen) atoms. The van der Waals surface area contributed by atoms with E-state index in [-0.39, 0.29) is 0 Å². The second kappa shape index (κ2) is 3.42. The Hall–Kier alpha value is -1.36. The quantitative estimate of drug-likeness (QED) is 0.848. The number of aryl methyl sites for hydroxylation is 1. The number of hydrogen-bond acceptors (Lipinski definition) is 3. The molecule has 0 saturated carbocycles. The second-order valence-electron chi connectivity index (χ2n) is 2.93. The molecule has 4 nitrogen and oxygen atoms in total. The number of nitrogens with zero attached hydrogens (tertiary/aromatic N) is 1. The lowest BCUT2D eigenvalue weighted by Crippen LogP contribution is -1.95. The van der Waals surface area contributed by atoms with Crippen molar-refractivity contribution in [3.63, 3.8) is 0 Å². The third-order valence-electron chi connectivity index (χ3n) is 1.82. The summed E-state index contributed by atoms with van der Waals surface area (Å²) in [6, 6.07) is 5.75. The van der Waals surface area contributed by atoms with Crippen LogP contribution in [0.25, 0.3) is 11.4 Å². The van der Waals surface area contributed by atoms with E-state index in [1.165, 1.54) is 0 Å². The molecule has 0 atom stereocenters. The molecule has 0 aliphatic rings. The largest absolute Gasteiger partial charge is 0.439 e. The Bertz CT molecular complexity index is 516. The fraction of sp³-hybridized carbons (Fsp3) is 0.111. The van der Waals surface area contributed by atoms with E-state index in [1.54, 1.807) is 0 Å². The smallest absolute Gasteiger partial charge is 0.296 e. The van der Waals surface area contributed by atoms with Crippen molar-refractivity contribution < 1.29 is 4.52 Å². The van der Waals surface area contributed by atoms with Gasteiger partial charge in [0.1, 0.15) is 0 Å². The summed E-state index contributed by atoms with van der Waals surface area (Å²) in [6.45, 7) is 1.99. The lowest BCUT2D eigenvalue weighted by Gasteiger charge is -1.99. The molecule has 2 aromatic rings. The van der Waals surface area contributed by atoms with Crippen LogP contribution in [0.3, 0.4) is 0 Å². The molecular weight excluding hydrogens is 248 g/mol. The van der Waals surface area contributed by atoms with Gasteiger partial charge in [0, 0.05) is 10.0 Å². The summed E-state index contributed by atoms with van der Waals surface area (Å²) in [7, 11) is 0. The molecule has 0 bridgehead atoms. The van der Waals surface area contributed by atoms with Crippen molar-refractivity contribution in [1.29, 1.82) is 0 Å². The van der Waals surface area contributed by atoms with Crippen molar-refractivity contribution in [1.82, 2.24) is 10.1 Å². The van der Waals surface area contributed by atoms with Gasteiger partial charge in [0.15, 0.2) is 5.82 Å². The summed E-state index contributed by atoms with van der Waals surface area (Å²) in [5.41, 5.74) is 1.94. The van der Waals surface area contributed by atoms with Gasteiger partial charge >= 0.3 is 5.76 Å². The van der Waals surface area contributed by atoms with E-state index in [0.717, 1.165) is 15.6 Å². The van der Waals surface area contributed by atoms with Gasteiger partial charge in [-0.2, -0.15) is 0 Å². The Morgan fingerprint density at radius 1 is 1.50 bits per heavy atom. The van der Waals surface area contributed by atoms with Crippen molar-refractivity contribution in [2.24, 2.45) is 0 Å². The average molecular weight is 255 g/mol. The third kappa shape index (κ3) is 1.63. The van der Waals surface area contributed by atoms with Crippen molar-refractivity contribution in [3.05, 3.63) is 38.8 Å². The SMILES string of the molecule is Cc1ccc(-c2noc(=O)[nH]2)c(Br)c1. The Morgan fingerprint density at radius 2 is 2.29 bits per heavy atom. The minimum atomic E-state index is -0.549. The maximum Gasteiger partial charge on any atom is 0.439 e. The molecule has 1 heterocycles. The Kier molecular flexibility index (Phi) is 2.25. The van der Waals surface area contributed by atoms with E-state index < -0.39 is 5.76 Å². The van der Waals surface area contributed by atoms with Crippen molar-refractivity contribution in [3.8, 4) is 11.4 Å². The Balaban J connectivity index is 2.57. The predicted molar refractivity (Wildman–Crippen MR) is 55.0 cm³/mol. The van der Waals surface area contributed by atoms with Gasteiger partial charge in [-0.15, -0.1) is 0 Å². The first-order valence-electron chi connectivity index (χ1n) is 3.99. The number of halogens is 1. The first-order valence-corrected chi connectivity index (χ1v) is 4.78. The maximum absolute atomic E-state index is 10.7. The van der Waals surface area contributed by atoms with Crippen LogP contribution in [-0.4, -0.2) is 10.1 Å². The van der Waals surface area contributed by atoms with Crippen LogP contribution in [0, 0.1) is 6.92 Å². The molecule has 72 valence electrons. The molecule has 0 aliphatic heterocycles. The molecule has 0 aliphatic carbocycles. The van der Waals surface area contributed by atoms with Crippen LogP contribution in [0.15, 0.2) is 32.0 Å². The zero-order valence-electron chi connectivity index (χ0n) is 7.37. The van der Waals surface area contributed by atoms with Gasteiger partial charge in [-0.05, 0) is 24.6 Å². The van der Waals surface area contributed by atoms with Gasteiger partial charge in [-0.3, -0.25) is 9.51 Å². The van der Waals surface area contributed by atoms with Crippen LogP contribution in [-0.2, 0) is 0 Å². The number of nitrogens with one attached hydrogen (secondary N) is 1. The lowest BCUT2D eigenvalue weighted by molar-refractivity contribution is 0.388. The van der Waals surface area contributed by atoms with Crippen molar-refractivity contribution in [2.45, 2.75) is 6.92 Å². The molecule has 1 aromatic heterocycles. The fourth-order valence-electron chi connectivity index (χ4n) is 1.16. The molecule has 5 heteroatoms. The van der Waals surface area contributed by atoms with Crippen LogP contribution in [0.2, 0.25) is 0 Å². The second-order valence-corrected chi connectivity index (χ2v) is 3.78. The van der Waals surface area contributed by atoms with Gasteiger partial charge in [-0.25, -0.2) is 4.79 Å². The first kappa shape index (κ1) is 9.21. The number of H-pyrrole nitrogens is 1. The Morgan fingerprint density at radius 3 is 2.86 bits per heavy atom. The van der Waals surface area contributed by atoms with E-state index in [9.17, 15) is 4.79 Å². The fourth-order valence-corrected chi connectivity index (χ4v) is 1.84. The molecule has 0 spiro atoms. The van der Waals surface area contributed by atoms with E-state index >= 15 is 0 Å². The minimum Gasteiger partial charge on any atom is -0.296 e. The van der Waals surface area contributed by atoms with Gasteiger partial charge in [0.25, 0.3) is 0 Å². The summed E-state index contributed by atoms with van der Waals surface area (Å²) in [6.07, 6.45) is 0. The van der Waals surface area contributed by atoms with Crippen molar-refractivity contribution in [2.75, 3.05) is 0 Å². The molecule has 2 rings (SSSR count). The predicted octanol–water partition coefficient (Wildman–Crippen LogP) is 2.10. The Labute approximate surface area is 88.1 Å². The van der Waals surface area contributed by atoms with Crippen LogP contribution in [0.5, 0.6) is 0 Å². The summed E-state index contributed by atoms with van der Waals surface area (Å²) < 4.78 is 5.30. The number of benzene rings is 1. The molecule has 0 saturated heterocycles. The molecule has 0 amide bonds. The number of aromatic nitrogens is 2. The van der Waals surface area contributed by atoms with E-state index in [2.05, 4.69) is 30.6 Å². The monoisotopic (exact) mass is 254 g/mol. The highest BCUT2D eigenvalue weighted by Crippen LogP contribution is 2.25. The van der Waals surface area contributed by atoms with Gasteiger partial charge in [0.2, 0.25) is 0 Å². The van der Waals surface area contributed by atoms with Gasteiger partial charge < -0.3 is 0 Å². The molecule has 0 fully saturated rings. The summed E-state index contributed by atoms with van der Waals surface area (Å²) in [5.74, 6) is -0.116. The summed E-state index contributed by atoms with van der Waals surface area (Å²) in [4.78, 5) is 13.2. The maximum atomic E-state index is 10.7. The highest BCUT2D eigenvalue weighted by Gasteiger charge is 2.07. The number of hydrogen-bond donors (Lipinski definition) is 1. The normalized spacial score (nSPS) is 10.4. The van der Waals surface area contributed by atoms with E-state index in [4.69, 9.17) is 0 Å². The van der Waals surface area contributed by atoms with E-state index in [0.29, 0.717) is 5.82 Å². The average Bonchev–Trinajstić information content (AvgIpc) is 2.51. The van der Waals surface area contributed by atoms with E-state index in [1.807, 2.05) is 25.1 Å². The van der Waals surface area contributed by atoms with Crippen LogP contribution < -0.4 is 5.76 Å². The lowest BCUT2D eigenvalue weighted by atomic mass is 10.1. The highest BCUT2D eigenvalue weighted by molar-refractivity contribution is 9.10. The topological polar surface area (TPSA) is 58.9 Å². The van der Waals surface area contributed by atoms with Crippen LogP contribution >= 0.6 is 15.9 Å². The minimum absolute atomic E-state index is 0.432. The van der Waals surface area contributed by atoms with Gasteiger partial charge in [-0.1, -0.05) is 27.2 Å². The molecular formula is C9H7BrN2O2. The van der Waals surface area contributed by atoms with Crippen molar-refractivity contribution >= 4 is 15.9 Å². The van der Waals surface area contributed by atoms with Crippen LogP contribution in [0.4, 0.5) is 0 Å². The first-order chi connectivity index (χ1) is 6.66. The molecule has 0 unspecified atom stereocenters. The van der Waals surface area contributed by atoms with Crippen LogP contribution in [0.1, 0.15) is 5.56 Å². The zero-order valence-corrected chi connectivity index (χ0v) is 8.96. The standard InChI is InChI=1S/C9H7BrN2O2/c1-5-2-3-6(7(10)4-5)8-11-9(13)14-12-8/h2-4H,1H3,(H,11,12,13). The summed E-state index contributed by atoms with van der Waals surface area (Å²) >= 11 is 3.39. The molecule has 1 aromatic carbocycles. The highest BCUT2D eigenvalue weighted by atomic mass is 79.9. The third-order valence-corrected chi connectivity index (χ3v) is 2.48. The molecule has 0 radical (unpaired) electrons.